The van der Waals surface area contributed by atoms with Crippen molar-refractivity contribution >= 4 is 22.1 Å². The van der Waals surface area contributed by atoms with Gasteiger partial charge < -0.3 is 5.32 Å². The Morgan fingerprint density at radius 2 is 1.89 bits per heavy atom. The van der Waals surface area contributed by atoms with Crippen LogP contribution in [0.3, 0.4) is 0 Å². The third-order valence-electron chi connectivity index (χ3n) is 3.16. The predicted octanol–water partition coefficient (Wildman–Crippen LogP) is 3.89. The Kier molecular flexibility index (Phi) is 3.58. The van der Waals surface area contributed by atoms with Crippen LogP contribution in [0.2, 0.25) is 0 Å². The van der Waals surface area contributed by atoms with E-state index in [-0.39, 0.29) is 0 Å². The van der Waals surface area contributed by atoms with Gasteiger partial charge in [0.1, 0.15) is 0 Å². The minimum absolute atomic E-state index is 0.884. The topological polar surface area (TPSA) is 24.9 Å². The zero-order valence-electron chi connectivity index (χ0n) is 10.9. The van der Waals surface area contributed by atoms with Crippen LogP contribution in [0.5, 0.6) is 0 Å². The van der Waals surface area contributed by atoms with Crippen LogP contribution >= 0.6 is 11.3 Å². The minimum atomic E-state index is 0.884. The summed E-state index contributed by atoms with van der Waals surface area (Å²) in [5.41, 5.74) is 1.35. The summed E-state index contributed by atoms with van der Waals surface area (Å²) in [6.45, 7) is 3.81. The molecule has 0 bridgehead atoms. The highest BCUT2D eigenvalue weighted by Crippen LogP contribution is 2.18. The van der Waals surface area contributed by atoms with Gasteiger partial charge in [-0.15, -0.1) is 11.3 Å². The maximum absolute atomic E-state index is 4.27. The third-order valence-corrected chi connectivity index (χ3v) is 4.08. The largest absolute Gasteiger partial charge is 0.308 e. The van der Waals surface area contributed by atoms with E-state index < -0.39 is 0 Å². The highest BCUT2D eigenvalue weighted by Gasteiger charge is 2.01. The summed E-state index contributed by atoms with van der Waals surface area (Å²) >= 11 is 1.75. The van der Waals surface area contributed by atoms with Crippen molar-refractivity contribution in [3.8, 4) is 0 Å². The molecule has 1 heterocycles. The number of aryl methyl sites for hydroxylation is 1. The molecule has 0 saturated carbocycles. The van der Waals surface area contributed by atoms with E-state index in [2.05, 4.69) is 52.8 Å². The number of benzene rings is 2. The van der Waals surface area contributed by atoms with Crippen molar-refractivity contribution in [1.82, 2.24) is 10.3 Å². The van der Waals surface area contributed by atoms with E-state index in [9.17, 15) is 0 Å². The van der Waals surface area contributed by atoms with Crippen molar-refractivity contribution in [1.29, 1.82) is 0 Å². The van der Waals surface area contributed by atoms with Crippen molar-refractivity contribution < 1.29 is 0 Å². The van der Waals surface area contributed by atoms with Gasteiger partial charge in [-0.3, -0.25) is 0 Å². The van der Waals surface area contributed by atoms with Crippen molar-refractivity contribution in [3.63, 3.8) is 0 Å². The Morgan fingerprint density at radius 3 is 2.74 bits per heavy atom. The van der Waals surface area contributed by atoms with Gasteiger partial charge in [0, 0.05) is 24.2 Å². The lowest BCUT2D eigenvalue weighted by Crippen LogP contribution is -2.11. The molecule has 3 heteroatoms. The van der Waals surface area contributed by atoms with E-state index in [1.807, 2.05) is 13.1 Å². The summed E-state index contributed by atoms with van der Waals surface area (Å²) in [4.78, 5) is 5.56. The molecular formula is C16H16N2S. The van der Waals surface area contributed by atoms with Crippen LogP contribution in [0.1, 0.15) is 15.4 Å². The van der Waals surface area contributed by atoms with E-state index in [0.717, 1.165) is 18.1 Å². The first-order valence-corrected chi connectivity index (χ1v) is 7.23. The van der Waals surface area contributed by atoms with E-state index in [1.165, 1.54) is 21.2 Å². The number of thiazole rings is 1. The van der Waals surface area contributed by atoms with Crippen molar-refractivity contribution in [2.24, 2.45) is 0 Å². The first-order chi connectivity index (χ1) is 9.33. The van der Waals surface area contributed by atoms with Gasteiger partial charge in [-0.1, -0.05) is 42.5 Å². The highest BCUT2D eigenvalue weighted by atomic mass is 32.1. The van der Waals surface area contributed by atoms with Crippen LogP contribution in [-0.2, 0) is 13.1 Å². The van der Waals surface area contributed by atoms with Crippen LogP contribution < -0.4 is 5.32 Å². The summed E-state index contributed by atoms with van der Waals surface area (Å²) in [6.07, 6.45) is 1.95. The van der Waals surface area contributed by atoms with Gasteiger partial charge in [-0.05, 0) is 23.3 Å². The second-order valence-corrected chi connectivity index (χ2v) is 5.91. The zero-order valence-corrected chi connectivity index (χ0v) is 11.7. The molecule has 0 amide bonds. The molecule has 0 aliphatic rings. The molecule has 0 aliphatic carbocycles. The van der Waals surface area contributed by atoms with Crippen LogP contribution in [0, 0.1) is 6.92 Å². The average molecular weight is 268 g/mol. The maximum atomic E-state index is 4.27. The van der Waals surface area contributed by atoms with Crippen LogP contribution in [-0.4, -0.2) is 4.98 Å². The molecule has 2 nitrogen and oxygen atoms in total. The standard InChI is InChI=1S/C16H16N2S/c1-12-18-11-15(19-12)10-17-9-14-7-4-6-13-5-2-3-8-16(13)14/h2-8,11,17H,9-10H2,1H3. The normalized spacial score (nSPS) is 11.0. The summed E-state index contributed by atoms with van der Waals surface area (Å²) in [6, 6.07) is 15.0. The number of nitrogens with one attached hydrogen (secondary N) is 1. The molecule has 1 aromatic heterocycles. The van der Waals surface area contributed by atoms with E-state index in [4.69, 9.17) is 0 Å². The molecular weight excluding hydrogens is 252 g/mol. The molecule has 0 fully saturated rings. The fourth-order valence-electron chi connectivity index (χ4n) is 2.25. The van der Waals surface area contributed by atoms with Crippen molar-refractivity contribution in [2.75, 3.05) is 0 Å². The predicted molar refractivity (Wildman–Crippen MR) is 81.3 cm³/mol. The SMILES string of the molecule is Cc1ncc(CNCc2cccc3ccccc23)s1. The summed E-state index contributed by atoms with van der Waals surface area (Å²) < 4.78 is 0. The highest BCUT2D eigenvalue weighted by molar-refractivity contribution is 7.11. The van der Waals surface area contributed by atoms with Gasteiger partial charge in [0.2, 0.25) is 0 Å². The molecule has 0 atom stereocenters. The monoisotopic (exact) mass is 268 g/mol. The molecule has 3 aromatic rings. The van der Waals surface area contributed by atoms with Gasteiger partial charge >= 0.3 is 0 Å². The van der Waals surface area contributed by atoms with Gasteiger partial charge in [-0.25, -0.2) is 4.98 Å². The van der Waals surface area contributed by atoms with Gasteiger partial charge in [0.25, 0.3) is 0 Å². The quantitative estimate of drug-likeness (QED) is 0.776. The number of hydrogen-bond donors (Lipinski definition) is 1. The first kappa shape index (κ1) is 12.3. The summed E-state index contributed by atoms with van der Waals surface area (Å²) in [5.74, 6) is 0. The smallest absolute Gasteiger partial charge is 0.0897 e. The Labute approximate surface area is 117 Å². The Balaban J connectivity index is 1.71. The molecule has 0 aliphatic heterocycles. The molecule has 1 N–H and O–H groups in total. The number of aromatic nitrogens is 1. The zero-order chi connectivity index (χ0) is 13.1. The first-order valence-electron chi connectivity index (χ1n) is 6.41. The molecule has 96 valence electrons. The number of fused-ring (bicyclic) bond motifs is 1. The Hall–Kier alpha value is -1.71. The van der Waals surface area contributed by atoms with E-state index in [0.29, 0.717) is 0 Å². The number of hydrogen-bond acceptors (Lipinski definition) is 3. The number of nitrogens with zero attached hydrogens (tertiary/aromatic N) is 1. The van der Waals surface area contributed by atoms with E-state index >= 15 is 0 Å². The lowest BCUT2D eigenvalue weighted by Gasteiger charge is -2.07. The number of rotatable bonds is 4. The Morgan fingerprint density at radius 1 is 1.05 bits per heavy atom. The van der Waals surface area contributed by atoms with Crippen molar-refractivity contribution in [2.45, 2.75) is 20.0 Å². The molecule has 3 rings (SSSR count). The second-order valence-electron chi connectivity index (χ2n) is 4.59. The lowest BCUT2D eigenvalue weighted by molar-refractivity contribution is 0.703. The molecule has 2 aromatic carbocycles. The van der Waals surface area contributed by atoms with Crippen LogP contribution in [0.15, 0.2) is 48.7 Å². The van der Waals surface area contributed by atoms with Gasteiger partial charge in [0.05, 0.1) is 5.01 Å². The van der Waals surface area contributed by atoms with Gasteiger partial charge in [-0.2, -0.15) is 0 Å². The van der Waals surface area contributed by atoms with Crippen LogP contribution in [0.25, 0.3) is 10.8 Å². The molecule has 19 heavy (non-hydrogen) atoms. The third kappa shape index (κ3) is 2.83. The maximum Gasteiger partial charge on any atom is 0.0897 e. The fraction of sp³-hybridized carbons (Fsp3) is 0.188. The van der Waals surface area contributed by atoms with E-state index in [1.54, 1.807) is 11.3 Å². The molecule has 0 spiro atoms. The lowest BCUT2D eigenvalue weighted by atomic mass is 10.0. The van der Waals surface area contributed by atoms with Gasteiger partial charge in [0.15, 0.2) is 0 Å². The molecule has 0 unspecified atom stereocenters. The molecule has 0 radical (unpaired) electrons. The summed E-state index contributed by atoms with van der Waals surface area (Å²) in [5, 5.41) is 7.25. The Bertz CT molecular complexity index is 683. The minimum Gasteiger partial charge on any atom is -0.308 e. The summed E-state index contributed by atoms with van der Waals surface area (Å²) in [7, 11) is 0. The average Bonchev–Trinajstić information content (AvgIpc) is 2.85. The van der Waals surface area contributed by atoms with Crippen molar-refractivity contribution in [3.05, 3.63) is 64.1 Å². The van der Waals surface area contributed by atoms with Crippen LogP contribution in [0.4, 0.5) is 0 Å². The molecule has 0 saturated heterocycles. The second kappa shape index (κ2) is 5.51. The fourth-order valence-corrected chi connectivity index (χ4v) is 3.02.